The van der Waals surface area contributed by atoms with E-state index in [0.29, 0.717) is 17.1 Å². The number of anilines is 2. The highest BCUT2D eigenvalue weighted by atomic mass is 16.5. The maximum Gasteiger partial charge on any atom is 0.262 e. The number of fused-ring (bicyclic) bond motifs is 1. The van der Waals surface area contributed by atoms with Crippen molar-refractivity contribution in [2.24, 2.45) is 0 Å². The molecule has 2 N–H and O–H groups in total. The summed E-state index contributed by atoms with van der Waals surface area (Å²) in [5.41, 5.74) is 4.76. The molecule has 7 nitrogen and oxygen atoms in total. The van der Waals surface area contributed by atoms with Crippen LogP contribution in [0.5, 0.6) is 5.75 Å². The fraction of sp³-hybridized carbons (Fsp3) is 0.136. The van der Waals surface area contributed by atoms with Crippen LogP contribution in [0.3, 0.4) is 0 Å². The highest BCUT2D eigenvalue weighted by Gasteiger charge is 2.16. The van der Waals surface area contributed by atoms with Gasteiger partial charge in [-0.1, -0.05) is 18.2 Å². The summed E-state index contributed by atoms with van der Waals surface area (Å²) >= 11 is 0. The number of nitrogens with zero attached hydrogens (tertiary/aromatic N) is 2. The molecule has 2 amide bonds. The van der Waals surface area contributed by atoms with Crippen LogP contribution in [-0.2, 0) is 9.59 Å². The summed E-state index contributed by atoms with van der Waals surface area (Å²) < 4.78 is 7.18. The molecular formula is C22H20N4O3. The third kappa shape index (κ3) is 3.89. The molecule has 0 unspecified atom stereocenters. The number of amides is 2. The quantitative estimate of drug-likeness (QED) is 0.670. The summed E-state index contributed by atoms with van der Waals surface area (Å²) in [4.78, 5) is 23.8. The smallest absolute Gasteiger partial charge is 0.262 e. The highest BCUT2D eigenvalue weighted by Crippen LogP contribution is 2.30. The molecule has 0 saturated heterocycles. The fourth-order valence-electron chi connectivity index (χ4n) is 3.22. The molecule has 1 aliphatic rings. The first kappa shape index (κ1) is 18.5. The number of nitrogens with one attached hydrogen (secondary N) is 2. The number of carbonyl (C=O) groups excluding carboxylic acids is 2. The van der Waals surface area contributed by atoms with E-state index in [0.717, 1.165) is 22.6 Å². The van der Waals surface area contributed by atoms with Crippen LogP contribution in [-0.4, -0.2) is 28.2 Å². The number of para-hydroxylation sites is 1. The predicted molar refractivity (Wildman–Crippen MR) is 111 cm³/mol. The summed E-state index contributed by atoms with van der Waals surface area (Å²) in [6.45, 7) is 3.88. The third-order valence-electron chi connectivity index (χ3n) is 4.63. The molecular weight excluding hydrogens is 368 g/mol. The van der Waals surface area contributed by atoms with Gasteiger partial charge in [-0.15, -0.1) is 0 Å². The number of hydrogen-bond donors (Lipinski definition) is 2. The molecule has 0 saturated carbocycles. The van der Waals surface area contributed by atoms with Crippen LogP contribution in [0, 0.1) is 13.8 Å². The van der Waals surface area contributed by atoms with Crippen molar-refractivity contribution < 1.29 is 14.3 Å². The van der Waals surface area contributed by atoms with E-state index in [1.165, 1.54) is 6.08 Å². The second kappa shape index (κ2) is 7.63. The Morgan fingerprint density at radius 2 is 2.00 bits per heavy atom. The fourth-order valence-corrected chi connectivity index (χ4v) is 3.22. The number of benzene rings is 2. The summed E-state index contributed by atoms with van der Waals surface area (Å²) in [5.74, 6) is 0.0826. The number of aromatic nitrogens is 2. The number of hydrogen-bond acceptors (Lipinski definition) is 4. The van der Waals surface area contributed by atoms with Gasteiger partial charge in [-0.2, -0.15) is 5.10 Å². The van der Waals surface area contributed by atoms with E-state index in [2.05, 4.69) is 15.7 Å². The molecule has 0 bridgehead atoms. The van der Waals surface area contributed by atoms with Crippen LogP contribution < -0.4 is 15.4 Å². The number of rotatable bonds is 4. The zero-order valence-electron chi connectivity index (χ0n) is 16.1. The van der Waals surface area contributed by atoms with Crippen LogP contribution in [0.25, 0.3) is 11.8 Å². The van der Waals surface area contributed by atoms with Crippen molar-refractivity contribution in [3.05, 3.63) is 71.6 Å². The highest BCUT2D eigenvalue weighted by molar-refractivity contribution is 6.03. The molecule has 0 atom stereocenters. The average molecular weight is 388 g/mol. The Morgan fingerprint density at radius 1 is 1.21 bits per heavy atom. The number of carbonyl (C=O) groups is 2. The number of ether oxygens (including phenoxy) is 1. The van der Waals surface area contributed by atoms with E-state index in [4.69, 9.17) is 4.74 Å². The Bertz CT molecular complexity index is 1120. The Balaban J connectivity index is 1.50. The van der Waals surface area contributed by atoms with Crippen molar-refractivity contribution in [2.75, 3.05) is 17.2 Å². The molecule has 2 aromatic carbocycles. The van der Waals surface area contributed by atoms with E-state index in [-0.39, 0.29) is 18.4 Å². The van der Waals surface area contributed by atoms with Crippen LogP contribution in [0.4, 0.5) is 11.4 Å². The Hall–Kier alpha value is -3.87. The van der Waals surface area contributed by atoms with Crippen molar-refractivity contribution in [3.8, 4) is 11.4 Å². The lowest BCUT2D eigenvalue weighted by molar-refractivity contribution is -0.118. The van der Waals surface area contributed by atoms with Gasteiger partial charge in [0.25, 0.3) is 5.91 Å². The zero-order chi connectivity index (χ0) is 20.4. The van der Waals surface area contributed by atoms with Crippen LogP contribution in [0.2, 0.25) is 0 Å². The van der Waals surface area contributed by atoms with Gasteiger partial charge < -0.3 is 15.4 Å². The minimum Gasteiger partial charge on any atom is -0.482 e. The molecule has 4 rings (SSSR count). The summed E-state index contributed by atoms with van der Waals surface area (Å²) in [7, 11) is 0. The van der Waals surface area contributed by atoms with Crippen LogP contribution in [0.15, 0.2) is 54.6 Å². The number of aryl methyl sites for hydroxylation is 1. The predicted octanol–water partition coefficient (Wildman–Crippen LogP) is 3.47. The molecule has 29 heavy (non-hydrogen) atoms. The van der Waals surface area contributed by atoms with Crippen LogP contribution >= 0.6 is 0 Å². The summed E-state index contributed by atoms with van der Waals surface area (Å²) in [6, 6.07) is 15.0. The molecule has 7 heteroatoms. The van der Waals surface area contributed by atoms with Crippen molar-refractivity contribution in [1.29, 1.82) is 0 Å². The first-order valence-corrected chi connectivity index (χ1v) is 9.18. The van der Waals surface area contributed by atoms with Gasteiger partial charge in [0.05, 0.1) is 17.1 Å². The second-order valence-electron chi connectivity index (χ2n) is 6.70. The Labute approximate surface area is 168 Å². The molecule has 1 aliphatic heterocycles. The van der Waals surface area contributed by atoms with E-state index in [9.17, 15) is 9.59 Å². The van der Waals surface area contributed by atoms with E-state index in [1.54, 1.807) is 24.3 Å². The SMILES string of the molecule is Cc1nn(-c2ccccc2)c(C)c1/C=C/C(=O)Nc1ccc2c(c1)NC(=O)CO2. The third-order valence-corrected chi connectivity index (χ3v) is 4.63. The van der Waals surface area contributed by atoms with Gasteiger partial charge >= 0.3 is 0 Å². The van der Waals surface area contributed by atoms with E-state index in [1.807, 2.05) is 48.9 Å². The van der Waals surface area contributed by atoms with Gasteiger partial charge in [-0.25, -0.2) is 4.68 Å². The molecule has 0 fully saturated rings. The minimum absolute atomic E-state index is 0.00316. The van der Waals surface area contributed by atoms with Gasteiger partial charge in [0.2, 0.25) is 5.91 Å². The zero-order valence-corrected chi connectivity index (χ0v) is 16.1. The topological polar surface area (TPSA) is 85.3 Å². The van der Waals surface area contributed by atoms with Gasteiger partial charge in [0, 0.05) is 23.0 Å². The molecule has 0 aliphatic carbocycles. The molecule has 1 aromatic heterocycles. The normalized spacial score (nSPS) is 13.0. The Kier molecular flexibility index (Phi) is 4.87. The maximum absolute atomic E-state index is 12.4. The van der Waals surface area contributed by atoms with Gasteiger partial charge in [0.15, 0.2) is 6.61 Å². The van der Waals surface area contributed by atoms with Crippen molar-refractivity contribution in [1.82, 2.24) is 9.78 Å². The minimum atomic E-state index is -0.278. The first-order valence-electron chi connectivity index (χ1n) is 9.18. The molecule has 2 heterocycles. The van der Waals surface area contributed by atoms with Crippen LogP contribution in [0.1, 0.15) is 17.0 Å². The van der Waals surface area contributed by atoms with Gasteiger partial charge in [-0.3, -0.25) is 9.59 Å². The van der Waals surface area contributed by atoms with Crippen molar-refractivity contribution in [2.45, 2.75) is 13.8 Å². The van der Waals surface area contributed by atoms with Crippen molar-refractivity contribution in [3.63, 3.8) is 0 Å². The molecule has 146 valence electrons. The van der Waals surface area contributed by atoms with Gasteiger partial charge in [0.1, 0.15) is 5.75 Å². The first-order chi connectivity index (χ1) is 14.0. The van der Waals surface area contributed by atoms with E-state index < -0.39 is 0 Å². The summed E-state index contributed by atoms with van der Waals surface area (Å²) in [5, 5.41) is 10.1. The lowest BCUT2D eigenvalue weighted by Gasteiger charge is -2.18. The lowest BCUT2D eigenvalue weighted by atomic mass is 10.1. The van der Waals surface area contributed by atoms with Gasteiger partial charge in [-0.05, 0) is 50.3 Å². The molecule has 0 radical (unpaired) electrons. The molecule has 3 aromatic rings. The monoisotopic (exact) mass is 388 g/mol. The lowest BCUT2D eigenvalue weighted by Crippen LogP contribution is -2.25. The van der Waals surface area contributed by atoms with E-state index >= 15 is 0 Å². The molecule has 0 spiro atoms. The second-order valence-corrected chi connectivity index (χ2v) is 6.70. The maximum atomic E-state index is 12.4. The standard InChI is InChI=1S/C22H20N4O3/c1-14-18(15(2)26(25-14)17-6-4-3-5-7-17)9-11-21(27)23-16-8-10-20-19(12-16)24-22(28)13-29-20/h3-12H,13H2,1-2H3,(H,23,27)(H,24,28)/b11-9+. The largest absolute Gasteiger partial charge is 0.482 e. The van der Waals surface area contributed by atoms with Crippen molar-refractivity contribution >= 4 is 29.3 Å². The summed E-state index contributed by atoms with van der Waals surface area (Å²) in [6.07, 6.45) is 3.23. The average Bonchev–Trinajstić information content (AvgIpc) is 3.00. The Morgan fingerprint density at radius 3 is 2.79 bits per heavy atom.